The van der Waals surface area contributed by atoms with E-state index in [9.17, 15) is 9.90 Å². The van der Waals surface area contributed by atoms with E-state index in [1.807, 2.05) is 26.0 Å². The summed E-state index contributed by atoms with van der Waals surface area (Å²) in [6, 6.07) is 8.83. The van der Waals surface area contributed by atoms with Crippen LogP contribution < -0.4 is 5.32 Å². The molecule has 1 aromatic heterocycles. The molecule has 22 heavy (non-hydrogen) atoms. The Bertz CT molecular complexity index is 665. The number of rotatable bonds is 5. The number of halogens is 1. The molecule has 0 aliphatic heterocycles. The van der Waals surface area contributed by atoms with Crippen molar-refractivity contribution in [1.82, 2.24) is 15.1 Å². The van der Waals surface area contributed by atoms with Crippen LogP contribution in [-0.4, -0.2) is 32.9 Å². The lowest BCUT2D eigenvalue weighted by Crippen LogP contribution is -2.44. The number of carbonyl (C=O) groups is 1. The molecule has 1 atom stereocenters. The summed E-state index contributed by atoms with van der Waals surface area (Å²) in [5, 5.41) is 17.7. The van der Waals surface area contributed by atoms with Crippen molar-refractivity contribution in [2.24, 2.45) is 5.92 Å². The van der Waals surface area contributed by atoms with Gasteiger partial charge in [-0.05, 0) is 37.1 Å². The number of nitrogens with zero attached hydrogens (tertiary/aromatic N) is 2. The molecular weight excluding hydrogens is 302 g/mol. The number of aliphatic hydroxyl groups is 1. The average Bonchev–Trinajstić information content (AvgIpc) is 2.94. The van der Waals surface area contributed by atoms with Gasteiger partial charge in [0, 0.05) is 17.8 Å². The van der Waals surface area contributed by atoms with Crippen molar-refractivity contribution in [3.8, 4) is 5.69 Å². The van der Waals surface area contributed by atoms with Crippen LogP contribution in [0.5, 0.6) is 0 Å². The number of amides is 1. The molecule has 0 aliphatic rings. The van der Waals surface area contributed by atoms with E-state index in [4.69, 9.17) is 11.6 Å². The molecule has 118 valence electrons. The molecule has 0 saturated heterocycles. The molecule has 1 aromatic carbocycles. The van der Waals surface area contributed by atoms with Gasteiger partial charge in [-0.3, -0.25) is 4.79 Å². The number of hydrogen-bond donors (Lipinski definition) is 2. The highest BCUT2D eigenvalue weighted by molar-refractivity contribution is 6.30. The van der Waals surface area contributed by atoms with Gasteiger partial charge in [0.1, 0.15) is 0 Å². The van der Waals surface area contributed by atoms with Gasteiger partial charge in [-0.25, -0.2) is 4.68 Å². The first kappa shape index (κ1) is 16.5. The highest BCUT2D eigenvalue weighted by atomic mass is 35.5. The Morgan fingerprint density at radius 2 is 2.18 bits per heavy atom. The fraction of sp³-hybridized carbons (Fsp3) is 0.375. The second kappa shape index (κ2) is 6.50. The Morgan fingerprint density at radius 3 is 2.82 bits per heavy atom. The number of aromatic nitrogens is 2. The monoisotopic (exact) mass is 321 g/mol. The van der Waals surface area contributed by atoms with E-state index in [1.54, 1.807) is 36.0 Å². The van der Waals surface area contributed by atoms with Crippen molar-refractivity contribution in [3.05, 3.63) is 47.2 Å². The highest BCUT2D eigenvalue weighted by Gasteiger charge is 2.25. The van der Waals surface area contributed by atoms with Crippen LogP contribution in [0.15, 0.2) is 36.5 Å². The van der Waals surface area contributed by atoms with E-state index in [0.717, 1.165) is 5.69 Å². The molecule has 1 heterocycles. The van der Waals surface area contributed by atoms with Crippen molar-refractivity contribution in [1.29, 1.82) is 0 Å². The molecule has 1 unspecified atom stereocenters. The molecule has 0 saturated carbocycles. The molecule has 2 rings (SSSR count). The van der Waals surface area contributed by atoms with E-state index in [2.05, 4.69) is 10.4 Å². The van der Waals surface area contributed by atoms with Gasteiger partial charge in [0.2, 0.25) is 0 Å². The van der Waals surface area contributed by atoms with Crippen molar-refractivity contribution < 1.29 is 9.90 Å². The maximum Gasteiger partial charge on any atom is 0.271 e. The maximum atomic E-state index is 12.1. The summed E-state index contributed by atoms with van der Waals surface area (Å²) in [5.41, 5.74) is 0.116. The van der Waals surface area contributed by atoms with Crippen molar-refractivity contribution in [3.63, 3.8) is 0 Å². The van der Waals surface area contributed by atoms with Gasteiger partial charge in [0.15, 0.2) is 5.69 Å². The number of benzene rings is 1. The molecule has 1 amide bonds. The lowest BCUT2D eigenvalue weighted by Gasteiger charge is -2.27. The SMILES string of the molecule is CC(C)C(C)(O)CNC(=O)c1ccn(-c2cccc(Cl)c2)n1. The van der Waals surface area contributed by atoms with Crippen LogP contribution >= 0.6 is 11.6 Å². The quantitative estimate of drug-likeness (QED) is 0.889. The highest BCUT2D eigenvalue weighted by Crippen LogP contribution is 2.16. The molecule has 2 aromatic rings. The Balaban J connectivity index is 2.07. The lowest BCUT2D eigenvalue weighted by atomic mass is 9.92. The fourth-order valence-corrected chi connectivity index (χ4v) is 1.95. The number of hydrogen-bond acceptors (Lipinski definition) is 3. The molecular formula is C16H20ClN3O2. The first-order valence-electron chi connectivity index (χ1n) is 7.12. The minimum atomic E-state index is -0.953. The standard InChI is InChI=1S/C16H20ClN3O2/c1-11(2)16(3,22)10-18-15(21)14-7-8-20(19-14)13-6-4-5-12(17)9-13/h4-9,11,22H,10H2,1-3H3,(H,18,21). The summed E-state index contributed by atoms with van der Waals surface area (Å²) in [6.45, 7) is 5.68. The Labute approximate surface area is 134 Å². The summed E-state index contributed by atoms with van der Waals surface area (Å²) in [7, 11) is 0. The van der Waals surface area contributed by atoms with E-state index in [0.29, 0.717) is 10.7 Å². The Morgan fingerprint density at radius 1 is 1.45 bits per heavy atom. The van der Waals surface area contributed by atoms with E-state index < -0.39 is 5.60 Å². The Kier molecular flexibility index (Phi) is 4.88. The molecule has 0 spiro atoms. The molecule has 0 aliphatic carbocycles. The van der Waals surface area contributed by atoms with Gasteiger partial charge in [-0.15, -0.1) is 0 Å². The minimum Gasteiger partial charge on any atom is -0.388 e. The predicted molar refractivity (Wildman–Crippen MR) is 86.4 cm³/mol. The molecule has 6 heteroatoms. The summed E-state index contributed by atoms with van der Waals surface area (Å²) in [5.74, 6) is -0.279. The zero-order valence-electron chi connectivity index (χ0n) is 12.9. The summed E-state index contributed by atoms with van der Waals surface area (Å²) >= 11 is 5.95. The number of carbonyl (C=O) groups excluding carboxylic acids is 1. The van der Waals surface area contributed by atoms with Gasteiger partial charge in [0.25, 0.3) is 5.91 Å². The fourth-order valence-electron chi connectivity index (χ4n) is 1.76. The molecule has 0 fully saturated rings. The maximum absolute atomic E-state index is 12.1. The topological polar surface area (TPSA) is 67.2 Å². The van der Waals surface area contributed by atoms with Crippen LogP contribution in [0.25, 0.3) is 5.69 Å². The third-order valence-electron chi connectivity index (χ3n) is 3.75. The summed E-state index contributed by atoms with van der Waals surface area (Å²) < 4.78 is 1.58. The van der Waals surface area contributed by atoms with Gasteiger partial charge in [-0.1, -0.05) is 31.5 Å². The predicted octanol–water partition coefficient (Wildman–Crippen LogP) is 2.66. The molecule has 5 nitrogen and oxygen atoms in total. The zero-order chi connectivity index (χ0) is 16.3. The van der Waals surface area contributed by atoms with Crippen LogP contribution in [0.2, 0.25) is 5.02 Å². The average molecular weight is 322 g/mol. The normalized spacial score (nSPS) is 13.9. The van der Waals surface area contributed by atoms with Crippen LogP contribution in [0.4, 0.5) is 0 Å². The largest absolute Gasteiger partial charge is 0.388 e. The van der Waals surface area contributed by atoms with Gasteiger partial charge in [-0.2, -0.15) is 5.10 Å². The van der Waals surface area contributed by atoms with Gasteiger partial charge >= 0.3 is 0 Å². The van der Waals surface area contributed by atoms with Crippen molar-refractivity contribution in [2.45, 2.75) is 26.4 Å². The first-order valence-corrected chi connectivity index (χ1v) is 7.49. The summed E-state index contributed by atoms with van der Waals surface area (Å²) in [4.78, 5) is 12.1. The van der Waals surface area contributed by atoms with Crippen molar-refractivity contribution in [2.75, 3.05) is 6.54 Å². The van der Waals surface area contributed by atoms with Crippen molar-refractivity contribution >= 4 is 17.5 Å². The van der Waals surface area contributed by atoms with Crippen LogP contribution in [0.1, 0.15) is 31.3 Å². The third kappa shape index (κ3) is 3.87. The Hall–Kier alpha value is -1.85. The minimum absolute atomic E-state index is 0.0387. The smallest absolute Gasteiger partial charge is 0.271 e. The van der Waals surface area contributed by atoms with Gasteiger partial charge in [0.05, 0.1) is 11.3 Å². The van der Waals surface area contributed by atoms with E-state index in [1.165, 1.54) is 0 Å². The third-order valence-corrected chi connectivity index (χ3v) is 3.98. The second-order valence-electron chi connectivity index (χ2n) is 5.82. The molecule has 0 radical (unpaired) electrons. The number of nitrogens with one attached hydrogen (secondary N) is 1. The summed E-state index contributed by atoms with van der Waals surface area (Å²) in [6.07, 6.45) is 1.70. The van der Waals surface area contributed by atoms with Gasteiger partial charge < -0.3 is 10.4 Å². The first-order chi connectivity index (χ1) is 10.3. The van der Waals surface area contributed by atoms with Crippen LogP contribution in [0.3, 0.4) is 0 Å². The van der Waals surface area contributed by atoms with E-state index in [-0.39, 0.29) is 18.4 Å². The zero-order valence-corrected chi connectivity index (χ0v) is 13.6. The second-order valence-corrected chi connectivity index (χ2v) is 6.26. The molecule has 2 N–H and O–H groups in total. The molecule has 0 bridgehead atoms. The van der Waals surface area contributed by atoms with E-state index >= 15 is 0 Å². The lowest BCUT2D eigenvalue weighted by molar-refractivity contribution is 0.0142. The van der Waals surface area contributed by atoms with Crippen LogP contribution in [-0.2, 0) is 0 Å². The van der Waals surface area contributed by atoms with Crippen LogP contribution in [0, 0.1) is 5.92 Å².